The van der Waals surface area contributed by atoms with Crippen molar-refractivity contribution in [1.82, 2.24) is 10.6 Å². The summed E-state index contributed by atoms with van der Waals surface area (Å²) in [7, 11) is 3.61. The fourth-order valence-corrected chi connectivity index (χ4v) is 3.02. The van der Waals surface area contributed by atoms with Gasteiger partial charge in [-0.2, -0.15) is 0 Å². The molecule has 2 rings (SSSR count). The molecule has 2 aromatic rings. The Kier molecular flexibility index (Phi) is 7.55. The molecule has 0 radical (unpaired) electrons. The summed E-state index contributed by atoms with van der Waals surface area (Å²) in [5, 5.41) is 5.68. The van der Waals surface area contributed by atoms with E-state index in [9.17, 15) is 9.59 Å². The Morgan fingerprint density at radius 2 is 1.59 bits per heavy atom. The number of hydrogen-bond donors (Lipinski definition) is 3. The molecule has 0 bridgehead atoms. The lowest BCUT2D eigenvalue weighted by Gasteiger charge is -2.18. The Morgan fingerprint density at radius 1 is 1.00 bits per heavy atom. The third kappa shape index (κ3) is 6.22. The van der Waals surface area contributed by atoms with E-state index in [-0.39, 0.29) is 17.9 Å². The van der Waals surface area contributed by atoms with Crippen LogP contribution >= 0.6 is 0 Å². The number of rotatable bonds is 8. The predicted octanol–water partition coefficient (Wildman–Crippen LogP) is 1.50. The number of benzene rings is 2. The van der Waals surface area contributed by atoms with Crippen LogP contribution in [0, 0.1) is 0 Å². The maximum Gasteiger partial charge on any atom is 0.275 e. The molecule has 0 fully saturated rings. The smallest absolute Gasteiger partial charge is 0.275 e. The van der Waals surface area contributed by atoms with Gasteiger partial charge < -0.3 is 15.5 Å². The van der Waals surface area contributed by atoms with E-state index < -0.39 is 0 Å². The third-order valence-corrected chi connectivity index (χ3v) is 4.68. The molecule has 5 nitrogen and oxygen atoms in total. The van der Waals surface area contributed by atoms with Crippen LogP contribution in [0.4, 0.5) is 0 Å². The lowest BCUT2D eigenvalue weighted by atomic mass is 10.1. The molecule has 0 saturated carbocycles. The zero-order valence-corrected chi connectivity index (χ0v) is 16.6. The van der Waals surface area contributed by atoms with Gasteiger partial charge >= 0.3 is 0 Å². The average Bonchev–Trinajstić information content (AvgIpc) is 2.67. The van der Waals surface area contributed by atoms with Gasteiger partial charge in [-0.05, 0) is 36.6 Å². The van der Waals surface area contributed by atoms with Crippen LogP contribution in [0.1, 0.15) is 46.9 Å². The molecular formula is C22H30N3O2+. The SMILES string of the molecule is CCc1ccc([C@H](C)NC(=O)C[NH+](C)Cc2ccc(C(=O)NC)cc2)cc1. The molecule has 0 spiro atoms. The molecule has 2 amide bonds. The van der Waals surface area contributed by atoms with Crippen LogP contribution in [0.15, 0.2) is 48.5 Å². The summed E-state index contributed by atoms with van der Waals surface area (Å²) in [4.78, 5) is 25.0. The fraction of sp³-hybridized carbons (Fsp3) is 0.364. The maximum atomic E-state index is 12.3. The third-order valence-electron chi connectivity index (χ3n) is 4.68. The standard InChI is InChI=1S/C22H29N3O2/c1-5-17-6-10-19(11-7-17)16(2)24-21(26)15-25(4)14-18-8-12-20(13-9-18)22(27)23-3/h6-13,16H,5,14-15H2,1-4H3,(H,23,27)(H,24,26)/p+1/t16-/m0/s1. The number of nitrogens with one attached hydrogen (secondary N) is 3. The molecule has 2 aromatic carbocycles. The van der Waals surface area contributed by atoms with Gasteiger partial charge in [-0.3, -0.25) is 9.59 Å². The molecule has 27 heavy (non-hydrogen) atoms. The van der Waals surface area contributed by atoms with Gasteiger partial charge in [-0.25, -0.2) is 0 Å². The van der Waals surface area contributed by atoms with Gasteiger partial charge in [0.1, 0.15) is 6.54 Å². The second-order valence-electron chi connectivity index (χ2n) is 6.97. The second-order valence-corrected chi connectivity index (χ2v) is 6.97. The maximum absolute atomic E-state index is 12.3. The van der Waals surface area contributed by atoms with Gasteiger partial charge in [-0.1, -0.05) is 43.3 Å². The van der Waals surface area contributed by atoms with Crippen LogP contribution in [-0.2, 0) is 17.8 Å². The molecule has 5 heteroatoms. The minimum Gasteiger partial charge on any atom is -0.355 e. The monoisotopic (exact) mass is 368 g/mol. The summed E-state index contributed by atoms with van der Waals surface area (Å²) in [6.45, 7) is 5.26. The average molecular weight is 369 g/mol. The van der Waals surface area contributed by atoms with Crippen molar-refractivity contribution in [2.45, 2.75) is 32.9 Å². The zero-order chi connectivity index (χ0) is 19.8. The van der Waals surface area contributed by atoms with Crippen LogP contribution in [-0.4, -0.2) is 32.5 Å². The molecule has 0 aliphatic rings. The lowest BCUT2D eigenvalue weighted by molar-refractivity contribution is -0.885. The number of carbonyl (C=O) groups is 2. The van der Waals surface area contributed by atoms with Gasteiger partial charge in [0, 0.05) is 18.2 Å². The molecule has 0 saturated heterocycles. The van der Waals surface area contributed by atoms with E-state index in [2.05, 4.69) is 41.8 Å². The van der Waals surface area contributed by atoms with Gasteiger partial charge in [0.25, 0.3) is 11.8 Å². The van der Waals surface area contributed by atoms with Crippen LogP contribution in [0.3, 0.4) is 0 Å². The molecule has 0 aromatic heterocycles. The lowest BCUT2D eigenvalue weighted by Crippen LogP contribution is -3.08. The largest absolute Gasteiger partial charge is 0.355 e. The van der Waals surface area contributed by atoms with Crippen LogP contribution in [0.25, 0.3) is 0 Å². The zero-order valence-electron chi connectivity index (χ0n) is 16.6. The first-order valence-electron chi connectivity index (χ1n) is 9.43. The summed E-state index contributed by atoms with van der Waals surface area (Å²) < 4.78 is 0. The van der Waals surface area contributed by atoms with Crippen molar-refractivity contribution in [3.63, 3.8) is 0 Å². The normalized spacial score (nSPS) is 12.9. The Balaban J connectivity index is 1.84. The van der Waals surface area contributed by atoms with Crippen molar-refractivity contribution in [2.24, 2.45) is 0 Å². The van der Waals surface area contributed by atoms with E-state index in [4.69, 9.17) is 0 Å². The minimum atomic E-state index is -0.0948. The fourth-order valence-electron chi connectivity index (χ4n) is 3.02. The molecule has 144 valence electrons. The van der Waals surface area contributed by atoms with Crippen molar-refractivity contribution < 1.29 is 14.5 Å². The quantitative estimate of drug-likeness (QED) is 0.661. The van der Waals surface area contributed by atoms with Gasteiger partial charge in [-0.15, -0.1) is 0 Å². The number of hydrogen-bond acceptors (Lipinski definition) is 2. The van der Waals surface area contributed by atoms with Gasteiger partial charge in [0.15, 0.2) is 6.54 Å². The predicted molar refractivity (Wildman–Crippen MR) is 108 cm³/mol. The second kappa shape index (κ2) is 9.88. The molecule has 2 atom stereocenters. The van der Waals surface area contributed by atoms with E-state index in [0.29, 0.717) is 12.1 Å². The van der Waals surface area contributed by atoms with E-state index in [1.54, 1.807) is 7.05 Å². The van der Waals surface area contributed by atoms with Gasteiger partial charge in [0.05, 0.1) is 13.1 Å². The number of aryl methyl sites for hydroxylation is 1. The molecule has 0 heterocycles. The summed E-state index contributed by atoms with van der Waals surface area (Å²) in [6, 6.07) is 15.8. The molecule has 0 aliphatic heterocycles. The highest BCUT2D eigenvalue weighted by Gasteiger charge is 2.14. The van der Waals surface area contributed by atoms with Crippen molar-refractivity contribution in [3.8, 4) is 0 Å². The topological polar surface area (TPSA) is 62.6 Å². The number of quaternary nitrogens is 1. The minimum absolute atomic E-state index is 0.0111. The Morgan fingerprint density at radius 3 is 2.15 bits per heavy atom. The van der Waals surface area contributed by atoms with Crippen molar-refractivity contribution in [1.29, 1.82) is 0 Å². The number of amides is 2. The van der Waals surface area contributed by atoms with Crippen LogP contribution in [0.2, 0.25) is 0 Å². The number of carbonyl (C=O) groups excluding carboxylic acids is 2. The summed E-state index contributed by atoms with van der Waals surface area (Å²) in [5.41, 5.74) is 4.14. The summed E-state index contributed by atoms with van der Waals surface area (Å²) >= 11 is 0. The van der Waals surface area contributed by atoms with E-state index in [1.165, 1.54) is 5.56 Å². The summed E-state index contributed by atoms with van der Waals surface area (Å²) in [5.74, 6) is -0.0656. The molecule has 0 aliphatic carbocycles. The van der Waals surface area contributed by atoms with E-state index in [0.717, 1.165) is 29.0 Å². The Bertz CT molecular complexity index is 754. The van der Waals surface area contributed by atoms with Crippen LogP contribution < -0.4 is 15.5 Å². The number of likely N-dealkylation sites (N-methyl/N-ethyl adjacent to an activating group) is 1. The highest BCUT2D eigenvalue weighted by molar-refractivity contribution is 5.93. The first kappa shape index (κ1) is 20.6. The first-order valence-corrected chi connectivity index (χ1v) is 9.43. The van der Waals surface area contributed by atoms with Crippen molar-refractivity contribution in [3.05, 3.63) is 70.8 Å². The highest BCUT2D eigenvalue weighted by atomic mass is 16.2. The highest BCUT2D eigenvalue weighted by Crippen LogP contribution is 2.13. The van der Waals surface area contributed by atoms with Gasteiger partial charge in [0.2, 0.25) is 0 Å². The van der Waals surface area contributed by atoms with Crippen LogP contribution in [0.5, 0.6) is 0 Å². The Labute approximate surface area is 161 Å². The Hall–Kier alpha value is -2.66. The molecule has 3 N–H and O–H groups in total. The van der Waals surface area contributed by atoms with Crippen molar-refractivity contribution >= 4 is 11.8 Å². The van der Waals surface area contributed by atoms with E-state index in [1.807, 2.05) is 38.2 Å². The molecule has 1 unspecified atom stereocenters. The molecular weight excluding hydrogens is 338 g/mol. The van der Waals surface area contributed by atoms with Crippen molar-refractivity contribution in [2.75, 3.05) is 20.6 Å². The van der Waals surface area contributed by atoms with E-state index >= 15 is 0 Å². The first-order chi connectivity index (χ1) is 12.9. The summed E-state index contributed by atoms with van der Waals surface area (Å²) in [6.07, 6.45) is 1.01.